The van der Waals surface area contributed by atoms with Crippen LogP contribution in [0.2, 0.25) is 0 Å². The Bertz CT molecular complexity index is 424. The molecule has 0 aliphatic rings. The lowest BCUT2D eigenvalue weighted by atomic mass is 10.1. The maximum absolute atomic E-state index is 11.7. The Balaban J connectivity index is 2.41. The fourth-order valence-corrected chi connectivity index (χ4v) is 2.32. The third-order valence-electron chi connectivity index (χ3n) is 2.64. The molecule has 0 bridgehead atoms. The maximum atomic E-state index is 11.7. The van der Waals surface area contributed by atoms with Crippen LogP contribution in [0.15, 0.2) is 12.5 Å². The monoisotopic (exact) mass is 300 g/mol. The van der Waals surface area contributed by atoms with Gasteiger partial charge in [-0.05, 0) is 17.9 Å². The molecule has 1 rings (SSSR count). The summed E-state index contributed by atoms with van der Waals surface area (Å²) in [6.45, 7) is 2.54. The minimum Gasteiger partial charge on any atom is -0.480 e. The lowest BCUT2D eigenvalue weighted by Gasteiger charge is -2.16. The van der Waals surface area contributed by atoms with Crippen LogP contribution in [0.4, 0.5) is 4.79 Å². The topological polar surface area (TPSA) is 107 Å². The van der Waals surface area contributed by atoms with E-state index < -0.39 is 18.0 Å². The predicted molar refractivity (Wildman–Crippen MR) is 77.8 cm³/mol. The molecule has 2 atom stereocenters. The van der Waals surface area contributed by atoms with Gasteiger partial charge < -0.3 is 20.7 Å². The number of aromatic amines is 1. The number of carbonyl (C=O) groups excluding carboxylic acids is 1. The summed E-state index contributed by atoms with van der Waals surface area (Å²) in [5.41, 5.74) is 0.661. The van der Waals surface area contributed by atoms with Crippen LogP contribution in [-0.4, -0.2) is 51.7 Å². The first-order chi connectivity index (χ1) is 9.52. The smallest absolute Gasteiger partial charge is 0.326 e. The first-order valence-corrected chi connectivity index (χ1v) is 7.65. The zero-order valence-corrected chi connectivity index (χ0v) is 12.4. The Morgan fingerprint density at radius 3 is 2.85 bits per heavy atom. The van der Waals surface area contributed by atoms with Gasteiger partial charge in [-0.3, -0.25) is 0 Å². The molecule has 0 spiro atoms. The Hall–Kier alpha value is -1.70. The summed E-state index contributed by atoms with van der Waals surface area (Å²) in [5, 5.41) is 14.2. The number of H-pyrrole nitrogens is 1. The highest BCUT2D eigenvalue weighted by Gasteiger charge is 2.21. The average molecular weight is 300 g/mol. The van der Waals surface area contributed by atoms with Crippen molar-refractivity contribution in [1.82, 2.24) is 20.6 Å². The minimum atomic E-state index is -1.08. The van der Waals surface area contributed by atoms with E-state index in [0.717, 1.165) is 5.75 Å². The Kier molecular flexibility index (Phi) is 6.92. The summed E-state index contributed by atoms with van der Waals surface area (Å²) in [6.07, 6.45) is 5.18. The van der Waals surface area contributed by atoms with Crippen molar-refractivity contribution in [1.29, 1.82) is 0 Å². The number of carboxylic acid groups (broad SMARTS) is 1. The molecule has 2 amide bonds. The summed E-state index contributed by atoms with van der Waals surface area (Å²) in [7, 11) is 0. The van der Waals surface area contributed by atoms with Crippen molar-refractivity contribution in [3.8, 4) is 0 Å². The number of urea groups is 1. The highest BCUT2D eigenvalue weighted by Crippen LogP contribution is 2.03. The van der Waals surface area contributed by atoms with Crippen LogP contribution in [0.5, 0.6) is 0 Å². The van der Waals surface area contributed by atoms with Crippen LogP contribution in [0.3, 0.4) is 0 Å². The van der Waals surface area contributed by atoms with Crippen molar-refractivity contribution in [2.45, 2.75) is 19.4 Å². The molecule has 20 heavy (non-hydrogen) atoms. The Morgan fingerprint density at radius 1 is 1.55 bits per heavy atom. The van der Waals surface area contributed by atoms with Gasteiger partial charge in [0.25, 0.3) is 0 Å². The fraction of sp³-hybridized carbons (Fsp3) is 0.583. The number of aromatic nitrogens is 2. The van der Waals surface area contributed by atoms with Crippen LogP contribution in [0, 0.1) is 5.92 Å². The largest absolute Gasteiger partial charge is 0.480 e. The zero-order chi connectivity index (χ0) is 15.0. The highest BCUT2D eigenvalue weighted by atomic mass is 32.2. The van der Waals surface area contributed by atoms with E-state index in [1.54, 1.807) is 11.8 Å². The number of amides is 2. The van der Waals surface area contributed by atoms with Gasteiger partial charge in [-0.2, -0.15) is 11.8 Å². The number of thioether (sulfide) groups is 1. The number of carbonyl (C=O) groups is 2. The standard InChI is InChI=1S/C12H20N4O3S/c1-8(6-20-2)4-14-12(19)16-10(11(17)18)3-9-5-13-7-15-9/h5,7-8,10H,3-4,6H2,1-2H3,(H,13,15)(H,17,18)(H2,14,16,19)/t8?,10-/m1/s1. The number of aliphatic carboxylic acids is 1. The van der Waals surface area contributed by atoms with E-state index in [2.05, 4.69) is 20.6 Å². The molecular weight excluding hydrogens is 280 g/mol. The molecule has 1 unspecified atom stereocenters. The van der Waals surface area contributed by atoms with Crippen LogP contribution in [-0.2, 0) is 11.2 Å². The molecule has 0 fully saturated rings. The molecule has 0 aromatic carbocycles. The van der Waals surface area contributed by atoms with Gasteiger partial charge in [0.2, 0.25) is 0 Å². The second-order valence-electron chi connectivity index (χ2n) is 4.59. The first kappa shape index (κ1) is 16.4. The lowest BCUT2D eigenvalue weighted by molar-refractivity contribution is -0.139. The summed E-state index contributed by atoms with van der Waals surface area (Å²) in [4.78, 5) is 29.4. The zero-order valence-electron chi connectivity index (χ0n) is 11.5. The summed E-state index contributed by atoms with van der Waals surface area (Å²) >= 11 is 1.71. The summed E-state index contributed by atoms with van der Waals surface area (Å²) < 4.78 is 0. The molecule has 1 aromatic heterocycles. The van der Waals surface area contributed by atoms with Crippen molar-refractivity contribution in [2.75, 3.05) is 18.6 Å². The molecule has 0 aliphatic heterocycles. The van der Waals surface area contributed by atoms with Crippen LogP contribution >= 0.6 is 11.8 Å². The number of nitrogens with zero attached hydrogens (tertiary/aromatic N) is 1. The normalized spacial score (nSPS) is 13.5. The molecule has 0 aliphatic carbocycles. The van der Waals surface area contributed by atoms with Crippen molar-refractivity contribution in [3.05, 3.63) is 18.2 Å². The minimum absolute atomic E-state index is 0.170. The number of rotatable bonds is 8. The van der Waals surface area contributed by atoms with Gasteiger partial charge in [-0.1, -0.05) is 6.92 Å². The van der Waals surface area contributed by atoms with Gasteiger partial charge in [-0.15, -0.1) is 0 Å². The number of imidazole rings is 1. The number of carboxylic acids is 1. The molecule has 8 heteroatoms. The number of hydrogen-bond donors (Lipinski definition) is 4. The van der Waals surface area contributed by atoms with Gasteiger partial charge in [-0.25, -0.2) is 14.6 Å². The maximum Gasteiger partial charge on any atom is 0.326 e. The molecular formula is C12H20N4O3S. The van der Waals surface area contributed by atoms with E-state index in [0.29, 0.717) is 18.2 Å². The first-order valence-electron chi connectivity index (χ1n) is 6.26. The van der Waals surface area contributed by atoms with Crippen LogP contribution in [0.1, 0.15) is 12.6 Å². The molecule has 112 valence electrons. The van der Waals surface area contributed by atoms with E-state index in [1.165, 1.54) is 12.5 Å². The lowest BCUT2D eigenvalue weighted by Crippen LogP contribution is -2.48. The quantitative estimate of drug-likeness (QED) is 0.565. The number of hydrogen-bond acceptors (Lipinski definition) is 4. The molecule has 7 nitrogen and oxygen atoms in total. The predicted octanol–water partition coefficient (Wildman–Crippen LogP) is 0.704. The van der Waals surface area contributed by atoms with Gasteiger partial charge in [0.05, 0.1) is 6.33 Å². The molecule has 0 saturated heterocycles. The fourth-order valence-electron chi connectivity index (χ4n) is 1.64. The Labute approximate surface area is 121 Å². The van der Waals surface area contributed by atoms with Crippen molar-refractivity contribution in [2.24, 2.45) is 5.92 Å². The highest BCUT2D eigenvalue weighted by molar-refractivity contribution is 7.98. The van der Waals surface area contributed by atoms with Gasteiger partial charge in [0.1, 0.15) is 6.04 Å². The average Bonchev–Trinajstić information content (AvgIpc) is 2.89. The van der Waals surface area contributed by atoms with E-state index in [1.807, 2.05) is 13.2 Å². The SMILES string of the molecule is CSCC(C)CNC(=O)N[C@H](Cc1cnc[nH]1)C(=O)O. The molecule has 0 saturated carbocycles. The summed E-state index contributed by atoms with van der Waals surface area (Å²) in [6, 6.07) is -1.45. The third-order valence-corrected chi connectivity index (χ3v) is 3.55. The van der Waals surface area contributed by atoms with E-state index >= 15 is 0 Å². The van der Waals surface area contributed by atoms with Crippen LogP contribution < -0.4 is 10.6 Å². The van der Waals surface area contributed by atoms with Crippen molar-refractivity contribution < 1.29 is 14.7 Å². The van der Waals surface area contributed by atoms with Crippen molar-refractivity contribution in [3.63, 3.8) is 0 Å². The number of nitrogens with one attached hydrogen (secondary N) is 3. The Morgan fingerprint density at radius 2 is 2.30 bits per heavy atom. The molecule has 1 aromatic rings. The summed E-state index contributed by atoms with van der Waals surface area (Å²) in [5.74, 6) is 0.204. The van der Waals surface area contributed by atoms with E-state index in [4.69, 9.17) is 5.11 Å². The van der Waals surface area contributed by atoms with E-state index in [-0.39, 0.29) is 6.42 Å². The van der Waals surface area contributed by atoms with Gasteiger partial charge in [0, 0.05) is 24.9 Å². The van der Waals surface area contributed by atoms with Crippen LogP contribution in [0.25, 0.3) is 0 Å². The second kappa shape index (κ2) is 8.47. The van der Waals surface area contributed by atoms with E-state index in [9.17, 15) is 9.59 Å². The molecule has 0 radical (unpaired) electrons. The molecule has 1 heterocycles. The second-order valence-corrected chi connectivity index (χ2v) is 5.50. The van der Waals surface area contributed by atoms with Crippen molar-refractivity contribution >= 4 is 23.8 Å². The van der Waals surface area contributed by atoms with Gasteiger partial charge >= 0.3 is 12.0 Å². The molecule has 4 N–H and O–H groups in total. The third kappa shape index (κ3) is 5.96. The van der Waals surface area contributed by atoms with Gasteiger partial charge in [0.15, 0.2) is 0 Å².